The molecule has 0 bridgehead atoms. The van der Waals surface area contributed by atoms with Crippen molar-refractivity contribution in [1.29, 1.82) is 5.41 Å². The molecule has 0 heterocycles. The van der Waals surface area contributed by atoms with E-state index in [-0.39, 0.29) is 24.8 Å². The molecule has 0 aliphatic rings. The van der Waals surface area contributed by atoms with E-state index in [2.05, 4.69) is 5.32 Å². The standard InChI is InChI=1S/C21H23N3O5.C2HF3O2/c1-3-28-18(25)12-29-17-10-8-14(9-11-17)19(26)13(2)24-21(27)16-6-4-15(5-7-16)20(22)23;3-2(4,5)1(6)7/h4-11,13H,3,12H2,1-2H3,(H3,22,23)(H,24,27);(H,6,7)/t13-;/m0./s1. The molecule has 0 saturated heterocycles. The lowest BCUT2D eigenvalue weighted by molar-refractivity contribution is -0.192. The average molecular weight is 511 g/mol. The van der Waals surface area contributed by atoms with E-state index in [1.807, 2.05) is 0 Å². The van der Waals surface area contributed by atoms with Crippen LogP contribution in [0.2, 0.25) is 0 Å². The highest BCUT2D eigenvalue weighted by atomic mass is 19.4. The lowest BCUT2D eigenvalue weighted by Gasteiger charge is -2.14. The molecule has 0 aliphatic heterocycles. The summed E-state index contributed by atoms with van der Waals surface area (Å²) in [6.07, 6.45) is -5.08. The van der Waals surface area contributed by atoms with Gasteiger partial charge in [0.05, 0.1) is 12.6 Å². The quantitative estimate of drug-likeness (QED) is 0.172. The third kappa shape index (κ3) is 9.83. The Morgan fingerprint density at radius 1 is 1.00 bits per heavy atom. The van der Waals surface area contributed by atoms with E-state index >= 15 is 0 Å². The summed E-state index contributed by atoms with van der Waals surface area (Å²) in [7, 11) is 0. The SMILES string of the molecule is CCOC(=O)COc1ccc(C(=O)[C@H](C)NC(=O)c2ccc(C(=N)N)cc2)cc1.O=C(O)C(F)(F)F. The zero-order valence-corrected chi connectivity index (χ0v) is 19.2. The van der Waals surface area contributed by atoms with E-state index in [1.165, 1.54) is 0 Å². The number of carbonyl (C=O) groups excluding carboxylic acids is 3. The molecule has 5 N–H and O–H groups in total. The summed E-state index contributed by atoms with van der Waals surface area (Å²) in [5.74, 6) is -3.56. The molecule has 2 aromatic rings. The number of alkyl halides is 3. The first-order chi connectivity index (χ1) is 16.8. The van der Waals surface area contributed by atoms with Crippen molar-refractivity contribution in [3.8, 4) is 5.75 Å². The van der Waals surface area contributed by atoms with Crippen LogP contribution in [0.15, 0.2) is 48.5 Å². The second kappa shape index (κ2) is 13.5. The van der Waals surface area contributed by atoms with Crippen molar-refractivity contribution in [3.05, 3.63) is 65.2 Å². The van der Waals surface area contributed by atoms with E-state index in [9.17, 15) is 27.6 Å². The van der Waals surface area contributed by atoms with Crippen LogP contribution in [0.3, 0.4) is 0 Å². The Hall–Kier alpha value is -4.42. The largest absolute Gasteiger partial charge is 0.490 e. The van der Waals surface area contributed by atoms with Gasteiger partial charge in [-0.25, -0.2) is 9.59 Å². The number of esters is 1. The van der Waals surface area contributed by atoms with Crippen LogP contribution >= 0.6 is 0 Å². The highest BCUT2D eigenvalue weighted by Crippen LogP contribution is 2.14. The predicted octanol–water partition coefficient (Wildman–Crippen LogP) is 2.55. The van der Waals surface area contributed by atoms with Crippen molar-refractivity contribution >= 4 is 29.5 Å². The Morgan fingerprint density at radius 3 is 1.92 bits per heavy atom. The number of amides is 1. The summed E-state index contributed by atoms with van der Waals surface area (Å²) in [6, 6.07) is 11.7. The van der Waals surface area contributed by atoms with Crippen LogP contribution in [0, 0.1) is 5.41 Å². The van der Waals surface area contributed by atoms with Gasteiger partial charge in [-0.3, -0.25) is 15.0 Å². The van der Waals surface area contributed by atoms with E-state index in [4.69, 9.17) is 30.5 Å². The molecule has 36 heavy (non-hydrogen) atoms. The van der Waals surface area contributed by atoms with E-state index < -0.39 is 30.1 Å². The Balaban J connectivity index is 0.000000809. The molecule has 13 heteroatoms. The second-order valence-corrected chi connectivity index (χ2v) is 6.97. The number of benzene rings is 2. The van der Waals surface area contributed by atoms with Gasteiger partial charge in [0.15, 0.2) is 12.4 Å². The molecule has 0 spiro atoms. The number of nitrogens with two attached hydrogens (primary N) is 1. The van der Waals surface area contributed by atoms with Gasteiger partial charge in [-0.15, -0.1) is 0 Å². The minimum absolute atomic E-state index is 0.0878. The number of hydrogen-bond acceptors (Lipinski definition) is 7. The maximum Gasteiger partial charge on any atom is 0.490 e. The number of nitrogens with one attached hydrogen (secondary N) is 2. The first-order valence-corrected chi connectivity index (χ1v) is 10.2. The van der Waals surface area contributed by atoms with Gasteiger partial charge in [-0.05, 0) is 50.2 Å². The fraction of sp³-hybridized carbons (Fsp3) is 0.261. The number of hydrogen-bond donors (Lipinski definition) is 4. The molecule has 194 valence electrons. The van der Waals surface area contributed by atoms with Crippen molar-refractivity contribution in [2.45, 2.75) is 26.1 Å². The lowest BCUT2D eigenvalue weighted by Crippen LogP contribution is -2.38. The van der Waals surface area contributed by atoms with Gasteiger partial charge in [0, 0.05) is 16.7 Å². The summed E-state index contributed by atoms with van der Waals surface area (Å²) in [5.41, 5.74) is 6.65. The normalized spacial score (nSPS) is 11.2. The molecular formula is C23H24F3N3O7. The minimum Gasteiger partial charge on any atom is -0.482 e. The van der Waals surface area contributed by atoms with E-state index in [0.717, 1.165) is 0 Å². The van der Waals surface area contributed by atoms with Crippen molar-refractivity contribution in [2.75, 3.05) is 13.2 Å². The zero-order chi connectivity index (χ0) is 27.5. The number of nitrogen functional groups attached to an aromatic ring is 1. The maximum atomic E-state index is 12.5. The number of ether oxygens (including phenoxy) is 2. The fourth-order valence-corrected chi connectivity index (χ4v) is 2.46. The van der Waals surface area contributed by atoms with Crippen LogP contribution in [-0.4, -0.2) is 60.0 Å². The average Bonchev–Trinajstić information content (AvgIpc) is 2.82. The summed E-state index contributed by atoms with van der Waals surface area (Å²) >= 11 is 0. The smallest absolute Gasteiger partial charge is 0.482 e. The van der Waals surface area contributed by atoms with Gasteiger partial charge in [0.25, 0.3) is 5.91 Å². The highest BCUT2D eigenvalue weighted by Gasteiger charge is 2.38. The summed E-state index contributed by atoms with van der Waals surface area (Å²) in [4.78, 5) is 45.0. The molecule has 0 aromatic heterocycles. The van der Waals surface area contributed by atoms with Gasteiger partial charge in [-0.1, -0.05) is 12.1 Å². The third-order valence-electron chi connectivity index (χ3n) is 4.24. The topological polar surface area (TPSA) is 169 Å². The van der Waals surface area contributed by atoms with Gasteiger partial charge in [0.1, 0.15) is 11.6 Å². The molecule has 2 rings (SSSR count). The van der Waals surface area contributed by atoms with Crippen molar-refractivity contribution < 1.29 is 46.9 Å². The fourth-order valence-electron chi connectivity index (χ4n) is 2.46. The van der Waals surface area contributed by atoms with Gasteiger partial charge < -0.3 is 25.6 Å². The van der Waals surface area contributed by atoms with Crippen LogP contribution in [0.25, 0.3) is 0 Å². The van der Waals surface area contributed by atoms with Crippen molar-refractivity contribution in [1.82, 2.24) is 5.32 Å². The van der Waals surface area contributed by atoms with Gasteiger partial charge in [0.2, 0.25) is 0 Å². The highest BCUT2D eigenvalue weighted by molar-refractivity contribution is 6.04. The summed E-state index contributed by atoms with van der Waals surface area (Å²) < 4.78 is 41.8. The van der Waals surface area contributed by atoms with Crippen LogP contribution in [0.5, 0.6) is 5.75 Å². The second-order valence-electron chi connectivity index (χ2n) is 6.97. The van der Waals surface area contributed by atoms with E-state index in [0.29, 0.717) is 22.4 Å². The summed E-state index contributed by atoms with van der Waals surface area (Å²) in [6.45, 7) is 3.37. The maximum absolute atomic E-state index is 12.5. The zero-order valence-electron chi connectivity index (χ0n) is 19.2. The molecule has 2 aromatic carbocycles. The molecule has 0 unspecified atom stereocenters. The Labute approximate surface area is 203 Å². The number of carboxylic acid groups (broad SMARTS) is 1. The molecule has 1 amide bonds. The molecule has 0 saturated carbocycles. The third-order valence-corrected chi connectivity index (χ3v) is 4.24. The number of amidine groups is 1. The molecule has 10 nitrogen and oxygen atoms in total. The predicted molar refractivity (Wildman–Crippen MR) is 121 cm³/mol. The number of carboxylic acids is 1. The van der Waals surface area contributed by atoms with Crippen LogP contribution < -0.4 is 15.8 Å². The lowest BCUT2D eigenvalue weighted by atomic mass is 10.0. The first-order valence-electron chi connectivity index (χ1n) is 10.2. The number of halogens is 3. The minimum atomic E-state index is -5.08. The number of ketones is 1. The molecule has 0 aliphatic carbocycles. The monoisotopic (exact) mass is 511 g/mol. The van der Waals surface area contributed by atoms with Gasteiger partial charge in [-0.2, -0.15) is 13.2 Å². The Morgan fingerprint density at radius 2 is 1.47 bits per heavy atom. The number of rotatable bonds is 9. The first kappa shape index (κ1) is 29.6. The Kier molecular flexibility index (Phi) is 11.1. The molecule has 1 atom stereocenters. The van der Waals surface area contributed by atoms with Gasteiger partial charge >= 0.3 is 18.1 Å². The van der Waals surface area contributed by atoms with Crippen LogP contribution in [0.4, 0.5) is 13.2 Å². The van der Waals surface area contributed by atoms with Crippen LogP contribution in [-0.2, 0) is 14.3 Å². The molecule has 0 fully saturated rings. The van der Waals surface area contributed by atoms with E-state index in [1.54, 1.807) is 62.4 Å². The molecule has 0 radical (unpaired) electrons. The Bertz CT molecular complexity index is 1090. The number of Topliss-reactive ketones (excluding diaryl/α,β-unsaturated/α-hetero) is 1. The molecular weight excluding hydrogens is 487 g/mol. The van der Waals surface area contributed by atoms with Crippen molar-refractivity contribution in [2.24, 2.45) is 5.73 Å². The van der Waals surface area contributed by atoms with Crippen molar-refractivity contribution in [3.63, 3.8) is 0 Å². The number of carbonyl (C=O) groups is 4. The summed E-state index contributed by atoms with van der Waals surface area (Å²) in [5, 5.41) is 17.1. The van der Waals surface area contributed by atoms with Crippen LogP contribution in [0.1, 0.15) is 40.1 Å². The number of aliphatic carboxylic acids is 1.